The van der Waals surface area contributed by atoms with Crippen LogP contribution in [0.4, 0.5) is 4.79 Å². The van der Waals surface area contributed by atoms with Crippen molar-refractivity contribution in [3.05, 3.63) is 88.9 Å². The third-order valence-corrected chi connectivity index (χ3v) is 6.92. The molecule has 4 aromatic rings. The van der Waals surface area contributed by atoms with E-state index >= 15 is 0 Å². The van der Waals surface area contributed by atoms with Crippen molar-refractivity contribution in [3.8, 4) is 11.1 Å². The molecule has 3 N–H and O–H groups in total. The fourth-order valence-electron chi connectivity index (χ4n) is 4.41. The Labute approximate surface area is 195 Å². The normalized spacial score (nSPS) is 14.5. The summed E-state index contributed by atoms with van der Waals surface area (Å²) >= 11 is 1.52. The van der Waals surface area contributed by atoms with Crippen LogP contribution in [0.3, 0.4) is 0 Å². The zero-order valence-corrected chi connectivity index (χ0v) is 18.7. The van der Waals surface area contributed by atoms with Crippen LogP contribution in [0.1, 0.15) is 35.1 Å². The molecule has 0 fully saturated rings. The van der Waals surface area contributed by atoms with Gasteiger partial charge in [-0.3, -0.25) is 0 Å². The minimum atomic E-state index is -1.06. The van der Waals surface area contributed by atoms with E-state index in [4.69, 9.17) is 4.74 Å². The number of hydrogen-bond acceptors (Lipinski definition) is 6. The number of alkyl carbamates (subject to hydrolysis) is 1. The lowest BCUT2D eigenvalue weighted by Crippen LogP contribution is -2.30. The molecule has 3 aromatic carbocycles. The van der Waals surface area contributed by atoms with E-state index in [1.165, 1.54) is 22.5 Å². The number of nitrogens with one attached hydrogen (secondary N) is 1. The van der Waals surface area contributed by atoms with Crippen LogP contribution in [-0.4, -0.2) is 40.5 Å². The quantitative estimate of drug-likeness (QED) is 0.374. The molecule has 0 aliphatic heterocycles. The number of ether oxygens (including phenoxy) is 1. The first kappa shape index (κ1) is 21.6. The second-order valence-corrected chi connectivity index (χ2v) is 9.02. The molecule has 1 aromatic heterocycles. The minimum Gasteiger partial charge on any atom is -0.449 e. The highest BCUT2D eigenvalue weighted by atomic mass is 32.1. The molecule has 5 rings (SSSR count). The first-order valence-corrected chi connectivity index (χ1v) is 11.8. The van der Waals surface area contributed by atoms with Crippen LogP contribution in [-0.2, 0) is 4.74 Å². The Bertz CT molecular complexity index is 1240. The number of amides is 1. The van der Waals surface area contributed by atoms with Crippen LogP contribution >= 0.6 is 11.3 Å². The van der Waals surface area contributed by atoms with Crippen molar-refractivity contribution in [2.45, 2.75) is 24.5 Å². The van der Waals surface area contributed by atoms with E-state index in [1.54, 1.807) is 17.6 Å². The second kappa shape index (κ2) is 9.31. The fourth-order valence-corrected chi connectivity index (χ4v) is 5.07. The van der Waals surface area contributed by atoms with E-state index in [2.05, 4.69) is 34.6 Å². The van der Waals surface area contributed by atoms with Gasteiger partial charge in [0.1, 0.15) is 12.7 Å². The number of aromatic nitrogens is 1. The summed E-state index contributed by atoms with van der Waals surface area (Å²) in [5, 5.41) is 23.5. The maximum absolute atomic E-state index is 12.3. The van der Waals surface area contributed by atoms with Crippen molar-refractivity contribution in [1.29, 1.82) is 0 Å². The Morgan fingerprint density at radius 2 is 1.73 bits per heavy atom. The molecule has 168 valence electrons. The number of aliphatic hydroxyl groups excluding tert-OH is 2. The standard InChI is InChI=1S/C26H24N2O4S/c29-23(25(30)16-9-10-24-22(13-16)28-15-33-24)11-12-27-26(31)32-14-21-19-7-3-1-5-17(19)18-6-2-4-8-20(18)21/h1-10,13,15,21,23,25,29-30H,11-12,14H2,(H,27,31). The van der Waals surface area contributed by atoms with Crippen LogP contribution in [0.25, 0.3) is 21.3 Å². The van der Waals surface area contributed by atoms with E-state index in [9.17, 15) is 15.0 Å². The monoisotopic (exact) mass is 460 g/mol. The molecule has 0 saturated heterocycles. The molecule has 1 heterocycles. The third kappa shape index (κ3) is 4.35. The average Bonchev–Trinajstić information content (AvgIpc) is 3.44. The van der Waals surface area contributed by atoms with Gasteiger partial charge in [0.05, 0.1) is 21.8 Å². The van der Waals surface area contributed by atoms with Crippen LogP contribution in [0, 0.1) is 0 Å². The van der Waals surface area contributed by atoms with Crippen LogP contribution in [0.5, 0.6) is 0 Å². The number of hydrogen-bond donors (Lipinski definition) is 3. The molecule has 7 heteroatoms. The smallest absolute Gasteiger partial charge is 0.407 e. The SMILES string of the molecule is O=C(NCCC(O)C(O)c1ccc2scnc2c1)OCC1c2ccccc2-c2ccccc21. The number of nitrogens with zero attached hydrogens (tertiary/aromatic N) is 1. The number of rotatable bonds is 7. The van der Waals surface area contributed by atoms with Gasteiger partial charge in [0.25, 0.3) is 0 Å². The molecule has 1 aliphatic carbocycles. The Balaban J connectivity index is 1.13. The molecule has 1 aliphatic rings. The number of benzene rings is 3. The molecule has 0 radical (unpaired) electrons. The number of thiazole rings is 1. The summed E-state index contributed by atoms with van der Waals surface area (Å²) < 4.78 is 6.53. The van der Waals surface area contributed by atoms with Crippen LogP contribution in [0.2, 0.25) is 0 Å². The predicted molar refractivity (Wildman–Crippen MR) is 128 cm³/mol. The Kier molecular flexibility index (Phi) is 6.09. The number of fused-ring (bicyclic) bond motifs is 4. The highest BCUT2D eigenvalue weighted by Gasteiger charge is 2.29. The van der Waals surface area contributed by atoms with Crippen LogP contribution in [0.15, 0.2) is 72.2 Å². The zero-order valence-electron chi connectivity index (χ0n) is 17.8. The first-order valence-electron chi connectivity index (χ1n) is 10.9. The molecule has 2 unspecified atom stereocenters. The number of aliphatic hydroxyl groups is 2. The second-order valence-electron chi connectivity index (χ2n) is 8.13. The van der Waals surface area contributed by atoms with Gasteiger partial charge in [0.2, 0.25) is 0 Å². The summed E-state index contributed by atoms with van der Waals surface area (Å²) in [5.41, 5.74) is 7.80. The molecule has 0 saturated carbocycles. The summed E-state index contributed by atoms with van der Waals surface area (Å²) in [6.07, 6.45) is -2.42. The highest BCUT2D eigenvalue weighted by molar-refractivity contribution is 7.16. The Hall–Kier alpha value is -3.26. The van der Waals surface area contributed by atoms with Gasteiger partial charge in [-0.15, -0.1) is 11.3 Å². The van der Waals surface area contributed by atoms with Crippen LogP contribution < -0.4 is 5.32 Å². The Morgan fingerprint density at radius 3 is 2.45 bits per heavy atom. The average molecular weight is 461 g/mol. The molecular formula is C26H24N2O4S. The van der Waals surface area contributed by atoms with Crippen molar-refractivity contribution >= 4 is 27.6 Å². The van der Waals surface area contributed by atoms with Gasteiger partial charge in [-0.2, -0.15) is 0 Å². The summed E-state index contributed by atoms with van der Waals surface area (Å²) in [7, 11) is 0. The summed E-state index contributed by atoms with van der Waals surface area (Å²) in [6, 6.07) is 21.8. The zero-order chi connectivity index (χ0) is 22.8. The van der Waals surface area contributed by atoms with E-state index in [1.807, 2.05) is 30.3 Å². The summed E-state index contributed by atoms with van der Waals surface area (Å²) in [6.45, 7) is 0.423. The van der Waals surface area contributed by atoms with Gasteiger partial charge in [-0.1, -0.05) is 54.6 Å². The van der Waals surface area contributed by atoms with Crippen molar-refractivity contribution in [1.82, 2.24) is 10.3 Å². The maximum atomic E-state index is 12.3. The molecule has 0 spiro atoms. The largest absolute Gasteiger partial charge is 0.449 e. The van der Waals surface area contributed by atoms with Gasteiger partial charge < -0.3 is 20.3 Å². The lowest BCUT2D eigenvalue weighted by Gasteiger charge is -2.19. The Morgan fingerprint density at radius 1 is 1.03 bits per heavy atom. The highest BCUT2D eigenvalue weighted by Crippen LogP contribution is 2.44. The van der Waals surface area contributed by atoms with Crippen molar-refractivity contribution in [2.75, 3.05) is 13.2 Å². The summed E-state index contributed by atoms with van der Waals surface area (Å²) in [5.74, 6) is -0.00352. The molecule has 1 amide bonds. The summed E-state index contributed by atoms with van der Waals surface area (Å²) in [4.78, 5) is 16.5. The molecule has 33 heavy (non-hydrogen) atoms. The van der Waals surface area contributed by atoms with E-state index in [0.717, 1.165) is 21.3 Å². The lowest BCUT2D eigenvalue weighted by atomic mass is 9.98. The van der Waals surface area contributed by atoms with E-state index < -0.39 is 18.3 Å². The first-order chi connectivity index (χ1) is 16.1. The lowest BCUT2D eigenvalue weighted by molar-refractivity contribution is 0.0137. The number of carbonyl (C=O) groups is 1. The number of carbonyl (C=O) groups excluding carboxylic acids is 1. The van der Waals surface area contributed by atoms with Gasteiger partial charge in [0.15, 0.2) is 0 Å². The van der Waals surface area contributed by atoms with E-state index in [0.29, 0.717) is 5.56 Å². The minimum absolute atomic E-state index is 0.00352. The maximum Gasteiger partial charge on any atom is 0.407 e. The van der Waals surface area contributed by atoms with Crippen molar-refractivity contribution in [3.63, 3.8) is 0 Å². The molecule has 2 atom stereocenters. The van der Waals surface area contributed by atoms with Crippen molar-refractivity contribution in [2.24, 2.45) is 0 Å². The third-order valence-electron chi connectivity index (χ3n) is 6.11. The molecule has 0 bridgehead atoms. The molecule has 6 nitrogen and oxygen atoms in total. The van der Waals surface area contributed by atoms with Crippen molar-refractivity contribution < 1.29 is 19.7 Å². The van der Waals surface area contributed by atoms with E-state index in [-0.39, 0.29) is 25.5 Å². The fraction of sp³-hybridized carbons (Fsp3) is 0.231. The predicted octanol–water partition coefficient (Wildman–Crippen LogP) is 4.62. The van der Waals surface area contributed by atoms with Gasteiger partial charge >= 0.3 is 6.09 Å². The van der Waals surface area contributed by atoms with Gasteiger partial charge in [0, 0.05) is 12.5 Å². The molecular weight excluding hydrogens is 436 g/mol. The van der Waals surface area contributed by atoms with Gasteiger partial charge in [-0.25, -0.2) is 9.78 Å². The topological polar surface area (TPSA) is 91.7 Å². The van der Waals surface area contributed by atoms with Gasteiger partial charge in [-0.05, 0) is 46.4 Å².